The number of rotatable bonds is 2. The lowest BCUT2D eigenvalue weighted by atomic mass is 9.94. The fourth-order valence-corrected chi connectivity index (χ4v) is 2.72. The SMILES string of the molecule is Cc1ccc(C2CNC(C3CC3)C2)cc1. The molecular weight excluding hydrogens is 182 g/mol. The van der Waals surface area contributed by atoms with E-state index in [1.54, 1.807) is 0 Å². The summed E-state index contributed by atoms with van der Waals surface area (Å²) in [5.41, 5.74) is 2.89. The fourth-order valence-electron chi connectivity index (χ4n) is 2.72. The van der Waals surface area contributed by atoms with Gasteiger partial charge in [-0.25, -0.2) is 0 Å². The van der Waals surface area contributed by atoms with E-state index in [2.05, 4.69) is 36.5 Å². The van der Waals surface area contributed by atoms with Crippen LogP contribution in [0.2, 0.25) is 0 Å². The van der Waals surface area contributed by atoms with Crippen molar-refractivity contribution >= 4 is 0 Å². The van der Waals surface area contributed by atoms with Crippen LogP contribution in [0, 0.1) is 12.8 Å². The summed E-state index contributed by atoms with van der Waals surface area (Å²) >= 11 is 0. The smallest absolute Gasteiger partial charge is 0.0102 e. The Kier molecular flexibility index (Phi) is 2.28. The molecule has 1 aromatic carbocycles. The van der Waals surface area contributed by atoms with Gasteiger partial charge >= 0.3 is 0 Å². The molecule has 2 aliphatic rings. The highest BCUT2D eigenvalue weighted by molar-refractivity contribution is 5.26. The number of nitrogens with one attached hydrogen (secondary N) is 1. The van der Waals surface area contributed by atoms with Crippen LogP contribution in [0.4, 0.5) is 0 Å². The summed E-state index contributed by atoms with van der Waals surface area (Å²) in [6.45, 7) is 3.34. The zero-order chi connectivity index (χ0) is 10.3. The van der Waals surface area contributed by atoms with Gasteiger partial charge in [0.05, 0.1) is 0 Å². The molecule has 1 nitrogen and oxygen atoms in total. The summed E-state index contributed by atoms with van der Waals surface area (Å²) in [5, 5.41) is 3.68. The maximum atomic E-state index is 3.68. The van der Waals surface area contributed by atoms with Crippen LogP contribution in [0.1, 0.15) is 36.3 Å². The van der Waals surface area contributed by atoms with Gasteiger partial charge in [-0.15, -0.1) is 0 Å². The van der Waals surface area contributed by atoms with Gasteiger partial charge in [-0.1, -0.05) is 29.8 Å². The third-order valence-corrected chi connectivity index (χ3v) is 3.90. The number of hydrogen-bond donors (Lipinski definition) is 1. The first-order valence-corrected chi connectivity index (χ1v) is 6.13. The first kappa shape index (κ1) is 9.41. The lowest BCUT2D eigenvalue weighted by molar-refractivity contribution is 0.535. The zero-order valence-electron chi connectivity index (χ0n) is 9.37. The van der Waals surface area contributed by atoms with Crippen molar-refractivity contribution in [3.63, 3.8) is 0 Å². The van der Waals surface area contributed by atoms with E-state index >= 15 is 0 Å². The molecule has 15 heavy (non-hydrogen) atoms. The predicted octanol–water partition coefficient (Wildman–Crippen LogP) is 2.85. The van der Waals surface area contributed by atoms with E-state index in [9.17, 15) is 0 Å². The molecule has 0 radical (unpaired) electrons. The van der Waals surface area contributed by atoms with Crippen molar-refractivity contribution in [1.82, 2.24) is 5.32 Å². The summed E-state index contributed by atoms with van der Waals surface area (Å²) in [6, 6.07) is 9.89. The molecule has 1 aliphatic heterocycles. The van der Waals surface area contributed by atoms with E-state index in [1.807, 2.05) is 0 Å². The largest absolute Gasteiger partial charge is 0.313 e. The molecule has 1 saturated heterocycles. The van der Waals surface area contributed by atoms with Crippen LogP contribution in [-0.4, -0.2) is 12.6 Å². The molecule has 1 saturated carbocycles. The van der Waals surface area contributed by atoms with Gasteiger partial charge in [0.15, 0.2) is 0 Å². The zero-order valence-corrected chi connectivity index (χ0v) is 9.37. The maximum absolute atomic E-state index is 3.68. The van der Waals surface area contributed by atoms with E-state index in [1.165, 1.54) is 36.9 Å². The Morgan fingerprint density at radius 2 is 1.87 bits per heavy atom. The van der Waals surface area contributed by atoms with Crippen LogP contribution in [0.3, 0.4) is 0 Å². The van der Waals surface area contributed by atoms with Crippen molar-refractivity contribution < 1.29 is 0 Å². The van der Waals surface area contributed by atoms with Crippen molar-refractivity contribution in [3.05, 3.63) is 35.4 Å². The third kappa shape index (κ3) is 1.93. The average Bonchev–Trinajstić information content (AvgIpc) is 2.99. The fraction of sp³-hybridized carbons (Fsp3) is 0.571. The van der Waals surface area contributed by atoms with Crippen LogP contribution in [0.15, 0.2) is 24.3 Å². The van der Waals surface area contributed by atoms with E-state index in [-0.39, 0.29) is 0 Å². The lowest BCUT2D eigenvalue weighted by Gasteiger charge is -2.10. The summed E-state index contributed by atoms with van der Waals surface area (Å²) in [6.07, 6.45) is 4.27. The normalized spacial score (nSPS) is 30.7. The van der Waals surface area contributed by atoms with E-state index < -0.39 is 0 Å². The molecule has 3 rings (SSSR count). The van der Waals surface area contributed by atoms with Gasteiger partial charge in [-0.2, -0.15) is 0 Å². The Labute approximate surface area is 91.9 Å². The summed E-state index contributed by atoms with van der Waals surface area (Å²) in [7, 11) is 0. The van der Waals surface area contributed by atoms with E-state index in [0.29, 0.717) is 0 Å². The van der Waals surface area contributed by atoms with Gasteiger partial charge in [0.2, 0.25) is 0 Å². The quantitative estimate of drug-likeness (QED) is 0.776. The van der Waals surface area contributed by atoms with E-state index in [0.717, 1.165) is 17.9 Å². The Hall–Kier alpha value is -0.820. The Morgan fingerprint density at radius 3 is 2.53 bits per heavy atom. The summed E-state index contributed by atoms with van der Waals surface area (Å²) in [4.78, 5) is 0. The molecule has 0 amide bonds. The maximum Gasteiger partial charge on any atom is 0.0102 e. The van der Waals surface area contributed by atoms with Crippen molar-refractivity contribution in [1.29, 1.82) is 0 Å². The Balaban J connectivity index is 1.70. The standard InChI is InChI=1S/C14H19N/c1-10-2-4-11(5-3-10)13-8-14(15-9-13)12-6-7-12/h2-5,12-15H,6-9H2,1H3. The molecule has 1 N–H and O–H groups in total. The van der Waals surface area contributed by atoms with Crippen molar-refractivity contribution in [2.45, 2.75) is 38.1 Å². The lowest BCUT2D eigenvalue weighted by Crippen LogP contribution is -2.22. The first-order chi connectivity index (χ1) is 7.33. The third-order valence-electron chi connectivity index (χ3n) is 3.90. The highest BCUT2D eigenvalue weighted by Gasteiger charge is 2.36. The predicted molar refractivity (Wildman–Crippen MR) is 63.1 cm³/mol. The first-order valence-electron chi connectivity index (χ1n) is 6.13. The Morgan fingerprint density at radius 1 is 1.13 bits per heavy atom. The van der Waals surface area contributed by atoms with Gasteiger partial charge in [0, 0.05) is 12.6 Å². The highest BCUT2D eigenvalue weighted by Crippen LogP contribution is 2.39. The minimum atomic E-state index is 0.760. The monoisotopic (exact) mass is 201 g/mol. The van der Waals surface area contributed by atoms with E-state index in [4.69, 9.17) is 0 Å². The van der Waals surface area contributed by atoms with Crippen LogP contribution in [0.25, 0.3) is 0 Å². The van der Waals surface area contributed by atoms with Crippen LogP contribution in [-0.2, 0) is 0 Å². The van der Waals surface area contributed by atoms with Gasteiger partial charge < -0.3 is 5.32 Å². The topological polar surface area (TPSA) is 12.0 Å². The molecule has 2 fully saturated rings. The van der Waals surface area contributed by atoms with Crippen LogP contribution >= 0.6 is 0 Å². The molecule has 2 unspecified atom stereocenters. The van der Waals surface area contributed by atoms with Crippen LogP contribution < -0.4 is 5.32 Å². The van der Waals surface area contributed by atoms with Gasteiger partial charge in [0.25, 0.3) is 0 Å². The second kappa shape index (κ2) is 3.64. The van der Waals surface area contributed by atoms with Gasteiger partial charge in [0.1, 0.15) is 0 Å². The second-order valence-corrected chi connectivity index (χ2v) is 5.20. The molecule has 0 bridgehead atoms. The molecule has 1 heteroatoms. The molecule has 1 aromatic rings. The molecule has 2 atom stereocenters. The van der Waals surface area contributed by atoms with Gasteiger partial charge in [-0.3, -0.25) is 0 Å². The summed E-state index contributed by atoms with van der Waals surface area (Å²) in [5.74, 6) is 1.76. The minimum absolute atomic E-state index is 0.760. The number of hydrogen-bond acceptors (Lipinski definition) is 1. The minimum Gasteiger partial charge on any atom is -0.313 e. The molecule has 1 heterocycles. The number of aryl methyl sites for hydroxylation is 1. The Bertz CT molecular complexity index is 337. The average molecular weight is 201 g/mol. The molecule has 1 aliphatic carbocycles. The molecule has 0 aromatic heterocycles. The highest BCUT2D eigenvalue weighted by atomic mass is 15.0. The molecule has 80 valence electrons. The second-order valence-electron chi connectivity index (χ2n) is 5.20. The van der Waals surface area contributed by atoms with Gasteiger partial charge in [-0.05, 0) is 43.6 Å². The van der Waals surface area contributed by atoms with Crippen molar-refractivity contribution in [2.75, 3.05) is 6.54 Å². The molecular formula is C14H19N. The van der Waals surface area contributed by atoms with Crippen LogP contribution in [0.5, 0.6) is 0 Å². The van der Waals surface area contributed by atoms with Crippen molar-refractivity contribution in [2.24, 2.45) is 5.92 Å². The number of benzene rings is 1. The summed E-state index contributed by atoms with van der Waals surface area (Å²) < 4.78 is 0. The van der Waals surface area contributed by atoms with Crippen molar-refractivity contribution in [3.8, 4) is 0 Å². The molecule has 0 spiro atoms.